The second-order valence-corrected chi connectivity index (χ2v) is 5.87. The first-order valence-corrected chi connectivity index (χ1v) is 6.03. The monoisotopic (exact) mass is 300 g/mol. The van der Waals surface area contributed by atoms with E-state index in [-0.39, 0.29) is 5.41 Å². The normalized spacial score (nSPS) is 11.1. The predicted molar refractivity (Wildman–Crippen MR) is 73.1 cm³/mol. The van der Waals surface area contributed by atoms with E-state index in [1.165, 1.54) is 0 Å². The van der Waals surface area contributed by atoms with E-state index < -0.39 is 6.03 Å². The summed E-state index contributed by atoms with van der Waals surface area (Å²) in [5.74, 6) is 0.613. The van der Waals surface area contributed by atoms with Crippen LogP contribution < -0.4 is 16.4 Å². The van der Waals surface area contributed by atoms with Crippen molar-refractivity contribution in [3.05, 3.63) is 16.7 Å². The number of nitrogens with zero attached hydrogens (tertiary/aromatic N) is 1. The Bertz CT molecular complexity index is 414. The molecule has 1 rings (SSSR count). The van der Waals surface area contributed by atoms with Gasteiger partial charge in [0.15, 0.2) is 0 Å². The summed E-state index contributed by atoms with van der Waals surface area (Å²) in [5, 5.41) is 5.72. The lowest BCUT2D eigenvalue weighted by molar-refractivity contribution is 0.259. The highest BCUT2D eigenvalue weighted by atomic mass is 79.9. The van der Waals surface area contributed by atoms with Crippen molar-refractivity contribution in [2.45, 2.75) is 20.8 Å². The number of primary amides is 1. The Kier molecular flexibility index (Phi) is 4.34. The largest absolute Gasteiger partial charge is 0.368 e. The van der Waals surface area contributed by atoms with Gasteiger partial charge in [0.2, 0.25) is 0 Å². The fourth-order valence-electron chi connectivity index (χ4n) is 1.16. The average molecular weight is 301 g/mol. The van der Waals surface area contributed by atoms with Gasteiger partial charge in [-0.1, -0.05) is 20.8 Å². The second-order valence-electron chi connectivity index (χ2n) is 4.95. The van der Waals surface area contributed by atoms with E-state index in [9.17, 15) is 4.79 Å². The summed E-state index contributed by atoms with van der Waals surface area (Å²) < 4.78 is 0.780. The van der Waals surface area contributed by atoms with Crippen LogP contribution in [0.3, 0.4) is 0 Å². The maximum absolute atomic E-state index is 10.9. The number of anilines is 2. The van der Waals surface area contributed by atoms with Gasteiger partial charge in [0.25, 0.3) is 0 Å². The third-order valence-corrected chi connectivity index (χ3v) is 2.33. The Labute approximate surface area is 109 Å². The Morgan fingerprint density at radius 2 is 2.18 bits per heavy atom. The maximum atomic E-state index is 10.9. The molecule has 0 aliphatic rings. The molecule has 0 unspecified atom stereocenters. The van der Waals surface area contributed by atoms with Crippen molar-refractivity contribution in [2.24, 2.45) is 11.1 Å². The summed E-state index contributed by atoms with van der Waals surface area (Å²) in [6.45, 7) is 7.08. The first kappa shape index (κ1) is 13.8. The van der Waals surface area contributed by atoms with Crippen LogP contribution >= 0.6 is 15.9 Å². The van der Waals surface area contributed by atoms with Gasteiger partial charge in [0.1, 0.15) is 5.82 Å². The molecule has 94 valence electrons. The van der Waals surface area contributed by atoms with Crippen LogP contribution in [0.5, 0.6) is 0 Å². The standard InChI is InChI=1S/C11H17BrN4O/c1-11(2,3)6-15-9-8(16-10(13)17)4-7(12)5-14-9/h4-5H,6H2,1-3H3,(H,14,15)(H3,13,16,17). The number of carbonyl (C=O) groups excluding carboxylic acids is 1. The molecule has 4 N–H and O–H groups in total. The number of aromatic nitrogens is 1. The Morgan fingerprint density at radius 3 is 2.71 bits per heavy atom. The number of amides is 2. The lowest BCUT2D eigenvalue weighted by Crippen LogP contribution is -2.23. The number of urea groups is 1. The third-order valence-electron chi connectivity index (χ3n) is 1.90. The van der Waals surface area contributed by atoms with Crippen LogP contribution in [0.25, 0.3) is 0 Å². The van der Waals surface area contributed by atoms with Crippen LogP contribution in [0.15, 0.2) is 16.7 Å². The summed E-state index contributed by atoms with van der Waals surface area (Å²) >= 11 is 3.29. The lowest BCUT2D eigenvalue weighted by atomic mass is 9.97. The zero-order chi connectivity index (χ0) is 13.1. The van der Waals surface area contributed by atoms with Crippen LogP contribution in [0.1, 0.15) is 20.8 Å². The van der Waals surface area contributed by atoms with Crippen molar-refractivity contribution in [2.75, 3.05) is 17.2 Å². The Morgan fingerprint density at radius 1 is 1.53 bits per heavy atom. The highest BCUT2D eigenvalue weighted by Crippen LogP contribution is 2.24. The number of hydrogen-bond donors (Lipinski definition) is 3. The van der Waals surface area contributed by atoms with Gasteiger partial charge in [-0.05, 0) is 27.4 Å². The number of pyridine rings is 1. The molecule has 0 fully saturated rings. The first-order chi connectivity index (χ1) is 7.78. The molecule has 0 aliphatic heterocycles. The first-order valence-electron chi connectivity index (χ1n) is 5.24. The number of carbonyl (C=O) groups is 1. The minimum Gasteiger partial charge on any atom is -0.368 e. The summed E-state index contributed by atoms with van der Waals surface area (Å²) in [6, 6.07) is 1.15. The average Bonchev–Trinajstić information content (AvgIpc) is 2.14. The van der Waals surface area contributed by atoms with Gasteiger partial charge in [0, 0.05) is 17.2 Å². The molecule has 0 spiro atoms. The minimum atomic E-state index is -0.608. The van der Waals surface area contributed by atoms with E-state index in [1.807, 2.05) is 0 Å². The Hall–Kier alpha value is -1.30. The highest BCUT2D eigenvalue weighted by molar-refractivity contribution is 9.10. The van der Waals surface area contributed by atoms with Gasteiger partial charge in [-0.3, -0.25) is 0 Å². The van der Waals surface area contributed by atoms with E-state index in [1.54, 1.807) is 12.3 Å². The van der Waals surface area contributed by atoms with E-state index in [2.05, 4.69) is 52.3 Å². The zero-order valence-electron chi connectivity index (χ0n) is 10.2. The van der Waals surface area contributed by atoms with Crippen molar-refractivity contribution in [1.29, 1.82) is 0 Å². The molecule has 0 aromatic carbocycles. The molecular formula is C11H17BrN4O. The molecule has 0 aliphatic carbocycles. The fourth-order valence-corrected chi connectivity index (χ4v) is 1.49. The molecular weight excluding hydrogens is 284 g/mol. The number of rotatable bonds is 3. The van der Waals surface area contributed by atoms with Gasteiger partial charge in [-0.2, -0.15) is 0 Å². The van der Waals surface area contributed by atoms with Crippen molar-refractivity contribution in [3.63, 3.8) is 0 Å². The molecule has 0 radical (unpaired) electrons. The Balaban J connectivity index is 2.86. The van der Waals surface area contributed by atoms with E-state index in [0.29, 0.717) is 11.5 Å². The molecule has 1 aromatic heterocycles. The topological polar surface area (TPSA) is 80.0 Å². The molecule has 17 heavy (non-hydrogen) atoms. The van der Waals surface area contributed by atoms with E-state index >= 15 is 0 Å². The van der Waals surface area contributed by atoms with Crippen LogP contribution in [-0.2, 0) is 0 Å². The molecule has 0 bridgehead atoms. The predicted octanol–water partition coefficient (Wildman–Crippen LogP) is 2.79. The van der Waals surface area contributed by atoms with E-state index in [4.69, 9.17) is 5.73 Å². The molecule has 0 saturated heterocycles. The SMILES string of the molecule is CC(C)(C)CNc1ncc(Br)cc1NC(N)=O. The summed E-state index contributed by atoms with van der Waals surface area (Å²) in [4.78, 5) is 15.1. The van der Waals surface area contributed by atoms with Crippen molar-refractivity contribution < 1.29 is 4.79 Å². The molecule has 2 amide bonds. The van der Waals surface area contributed by atoms with Crippen LogP contribution in [0.2, 0.25) is 0 Å². The van der Waals surface area contributed by atoms with Crippen LogP contribution in [0.4, 0.5) is 16.3 Å². The van der Waals surface area contributed by atoms with Crippen LogP contribution in [0, 0.1) is 5.41 Å². The molecule has 0 saturated carbocycles. The molecule has 5 nitrogen and oxygen atoms in total. The van der Waals surface area contributed by atoms with Crippen molar-refractivity contribution in [3.8, 4) is 0 Å². The van der Waals surface area contributed by atoms with Crippen molar-refractivity contribution in [1.82, 2.24) is 4.98 Å². The number of nitrogens with two attached hydrogens (primary N) is 1. The molecule has 1 aromatic rings. The lowest BCUT2D eigenvalue weighted by Gasteiger charge is -2.20. The summed E-state index contributed by atoms with van der Waals surface area (Å²) in [5.41, 5.74) is 5.79. The minimum absolute atomic E-state index is 0.124. The van der Waals surface area contributed by atoms with Gasteiger partial charge < -0.3 is 16.4 Å². The van der Waals surface area contributed by atoms with Gasteiger partial charge in [-0.25, -0.2) is 9.78 Å². The second kappa shape index (κ2) is 5.35. The summed E-state index contributed by atoms with van der Waals surface area (Å²) in [7, 11) is 0. The molecule has 1 heterocycles. The number of hydrogen-bond acceptors (Lipinski definition) is 3. The summed E-state index contributed by atoms with van der Waals surface area (Å²) in [6.07, 6.45) is 1.66. The van der Waals surface area contributed by atoms with Crippen molar-refractivity contribution >= 4 is 33.5 Å². The zero-order valence-corrected chi connectivity index (χ0v) is 11.8. The smallest absolute Gasteiger partial charge is 0.316 e. The maximum Gasteiger partial charge on any atom is 0.316 e. The van der Waals surface area contributed by atoms with Gasteiger partial charge >= 0.3 is 6.03 Å². The van der Waals surface area contributed by atoms with Gasteiger partial charge in [-0.15, -0.1) is 0 Å². The third kappa shape index (κ3) is 5.04. The number of nitrogens with one attached hydrogen (secondary N) is 2. The quantitative estimate of drug-likeness (QED) is 0.803. The number of halogens is 1. The highest BCUT2D eigenvalue weighted by Gasteiger charge is 2.12. The van der Waals surface area contributed by atoms with Crippen LogP contribution in [-0.4, -0.2) is 17.6 Å². The molecule has 0 atom stereocenters. The fraction of sp³-hybridized carbons (Fsp3) is 0.455. The van der Waals surface area contributed by atoms with Gasteiger partial charge in [0.05, 0.1) is 5.69 Å². The molecule has 6 heteroatoms. The van der Waals surface area contributed by atoms with E-state index in [0.717, 1.165) is 11.0 Å².